The monoisotopic (exact) mass is 358 g/mol. The highest BCUT2D eigenvalue weighted by Gasteiger charge is 2.20. The van der Waals surface area contributed by atoms with E-state index >= 15 is 0 Å². The van der Waals surface area contributed by atoms with Crippen LogP contribution in [0.25, 0.3) is 10.1 Å². The first kappa shape index (κ1) is 17.2. The number of hydrogen-bond acceptors (Lipinski definition) is 5. The quantitative estimate of drug-likeness (QED) is 0.694. The van der Waals surface area contributed by atoms with Crippen LogP contribution in [0, 0.1) is 0 Å². The molecule has 2 heterocycles. The first-order valence-electron chi connectivity index (χ1n) is 7.99. The second-order valence-electron chi connectivity index (χ2n) is 5.82. The Balaban J connectivity index is 1.80. The summed E-state index contributed by atoms with van der Waals surface area (Å²) in [6, 6.07) is 9.06. The minimum absolute atomic E-state index is 0.115. The van der Waals surface area contributed by atoms with E-state index in [0.29, 0.717) is 5.56 Å². The number of aromatic nitrogens is 1. The zero-order chi connectivity index (χ0) is 18.0. The van der Waals surface area contributed by atoms with Gasteiger partial charge in [-0.15, -0.1) is 11.3 Å². The van der Waals surface area contributed by atoms with Crippen LogP contribution in [-0.4, -0.2) is 22.1 Å². The SMILES string of the molecule is CC[C@H](C)c1cc(C(=O)NCc2c(C(=O)O)sc3ccccc23)on1. The van der Waals surface area contributed by atoms with Crippen LogP contribution < -0.4 is 5.32 Å². The standard InChI is InChI=1S/C18H18N2O4S/c1-3-10(2)13-8-14(24-20-13)17(21)19-9-12-11-6-4-5-7-15(11)25-16(12)18(22)23/h4-8,10H,3,9H2,1-2H3,(H,19,21)(H,22,23)/t10-/m0/s1. The lowest BCUT2D eigenvalue weighted by molar-refractivity contribution is 0.0699. The normalized spacial score (nSPS) is 12.2. The van der Waals surface area contributed by atoms with Crippen molar-refractivity contribution in [3.05, 3.63) is 52.2 Å². The third kappa shape index (κ3) is 3.41. The van der Waals surface area contributed by atoms with Gasteiger partial charge in [-0.2, -0.15) is 0 Å². The van der Waals surface area contributed by atoms with Crippen molar-refractivity contribution < 1.29 is 19.2 Å². The van der Waals surface area contributed by atoms with Crippen molar-refractivity contribution in [3.63, 3.8) is 0 Å². The number of amides is 1. The summed E-state index contributed by atoms with van der Waals surface area (Å²) in [5, 5.41) is 16.9. The number of hydrogen-bond donors (Lipinski definition) is 2. The largest absolute Gasteiger partial charge is 0.477 e. The van der Waals surface area contributed by atoms with Crippen molar-refractivity contribution in [1.29, 1.82) is 0 Å². The van der Waals surface area contributed by atoms with Crippen LogP contribution in [0.4, 0.5) is 0 Å². The summed E-state index contributed by atoms with van der Waals surface area (Å²) >= 11 is 1.20. The second kappa shape index (κ2) is 7.06. The fourth-order valence-electron chi connectivity index (χ4n) is 2.54. The summed E-state index contributed by atoms with van der Waals surface area (Å²) < 4.78 is 5.99. The van der Waals surface area contributed by atoms with Crippen molar-refractivity contribution in [2.24, 2.45) is 0 Å². The molecule has 0 aliphatic heterocycles. The molecule has 0 aliphatic rings. The van der Waals surface area contributed by atoms with Crippen molar-refractivity contribution in [3.8, 4) is 0 Å². The zero-order valence-corrected chi connectivity index (χ0v) is 14.7. The number of nitrogens with zero attached hydrogens (tertiary/aromatic N) is 1. The van der Waals surface area contributed by atoms with Crippen LogP contribution in [0.15, 0.2) is 34.9 Å². The number of nitrogens with one attached hydrogen (secondary N) is 1. The number of carboxylic acids is 1. The summed E-state index contributed by atoms with van der Waals surface area (Å²) in [5.41, 5.74) is 1.34. The molecule has 0 bridgehead atoms. The van der Waals surface area contributed by atoms with Crippen LogP contribution in [0.2, 0.25) is 0 Å². The minimum atomic E-state index is -0.996. The van der Waals surface area contributed by atoms with Gasteiger partial charge >= 0.3 is 5.97 Å². The molecule has 25 heavy (non-hydrogen) atoms. The predicted octanol–water partition coefficient (Wildman–Crippen LogP) is 4.03. The topological polar surface area (TPSA) is 92.4 Å². The number of benzene rings is 1. The van der Waals surface area contributed by atoms with Gasteiger partial charge in [0, 0.05) is 28.8 Å². The van der Waals surface area contributed by atoms with Gasteiger partial charge in [-0.05, 0) is 17.9 Å². The van der Waals surface area contributed by atoms with E-state index in [1.807, 2.05) is 38.1 Å². The Morgan fingerprint density at radius 2 is 2.12 bits per heavy atom. The van der Waals surface area contributed by atoms with Crippen LogP contribution in [0.5, 0.6) is 0 Å². The number of aromatic carboxylic acids is 1. The molecule has 7 heteroatoms. The Hall–Kier alpha value is -2.67. The Bertz CT molecular complexity index is 928. The molecule has 0 saturated heterocycles. The molecule has 3 aromatic rings. The lowest BCUT2D eigenvalue weighted by atomic mass is 10.1. The van der Waals surface area contributed by atoms with E-state index < -0.39 is 11.9 Å². The highest BCUT2D eigenvalue weighted by Crippen LogP contribution is 2.31. The number of carbonyl (C=O) groups excluding carboxylic acids is 1. The molecule has 0 spiro atoms. The molecule has 6 nitrogen and oxygen atoms in total. The number of carbonyl (C=O) groups is 2. The lowest BCUT2D eigenvalue weighted by Gasteiger charge is -2.04. The lowest BCUT2D eigenvalue weighted by Crippen LogP contribution is -2.23. The maximum Gasteiger partial charge on any atom is 0.346 e. The fraction of sp³-hybridized carbons (Fsp3) is 0.278. The summed E-state index contributed by atoms with van der Waals surface area (Å²) in [5.74, 6) is -1.06. The van der Waals surface area contributed by atoms with Gasteiger partial charge in [-0.1, -0.05) is 37.2 Å². The van der Waals surface area contributed by atoms with E-state index in [0.717, 1.165) is 22.2 Å². The maximum atomic E-state index is 12.3. The summed E-state index contributed by atoms with van der Waals surface area (Å²) in [4.78, 5) is 24.0. The molecule has 130 valence electrons. The molecule has 0 radical (unpaired) electrons. The minimum Gasteiger partial charge on any atom is -0.477 e. The van der Waals surface area contributed by atoms with Gasteiger partial charge < -0.3 is 14.9 Å². The van der Waals surface area contributed by atoms with E-state index in [1.54, 1.807) is 6.07 Å². The number of thiophene rings is 1. The Morgan fingerprint density at radius 3 is 2.84 bits per heavy atom. The van der Waals surface area contributed by atoms with Crippen LogP contribution in [0.1, 0.15) is 57.7 Å². The average Bonchev–Trinajstić information content (AvgIpc) is 3.24. The highest BCUT2D eigenvalue weighted by atomic mass is 32.1. The zero-order valence-electron chi connectivity index (χ0n) is 13.9. The van der Waals surface area contributed by atoms with E-state index in [9.17, 15) is 14.7 Å². The van der Waals surface area contributed by atoms with Crippen molar-refractivity contribution >= 4 is 33.3 Å². The molecular weight excluding hydrogens is 340 g/mol. The number of carboxylic acid groups (broad SMARTS) is 1. The molecule has 1 amide bonds. The van der Waals surface area contributed by atoms with Crippen LogP contribution in [-0.2, 0) is 6.54 Å². The molecule has 1 aromatic carbocycles. The Kier molecular flexibility index (Phi) is 4.85. The van der Waals surface area contributed by atoms with Crippen LogP contribution >= 0.6 is 11.3 Å². The van der Waals surface area contributed by atoms with Gasteiger partial charge in [0.15, 0.2) is 0 Å². The van der Waals surface area contributed by atoms with Gasteiger partial charge in [0.05, 0.1) is 5.69 Å². The first-order chi connectivity index (χ1) is 12.0. The molecule has 0 unspecified atom stereocenters. The van der Waals surface area contributed by atoms with E-state index in [4.69, 9.17) is 4.52 Å². The first-order valence-corrected chi connectivity index (χ1v) is 8.81. The Morgan fingerprint density at radius 1 is 1.36 bits per heavy atom. The summed E-state index contributed by atoms with van der Waals surface area (Å²) in [7, 11) is 0. The van der Waals surface area contributed by atoms with Crippen molar-refractivity contribution in [2.45, 2.75) is 32.7 Å². The van der Waals surface area contributed by atoms with Crippen LogP contribution in [0.3, 0.4) is 0 Å². The Labute approximate surface area is 148 Å². The smallest absolute Gasteiger partial charge is 0.346 e. The number of rotatable bonds is 6. The van der Waals surface area contributed by atoms with E-state index in [2.05, 4.69) is 10.5 Å². The molecule has 2 aromatic heterocycles. The fourth-order valence-corrected chi connectivity index (χ4v) is 3.60. The number of fused-ring (bicyclic) bond motifs is 1. The maximum absolute atomic E-state index is 12.3. The van der Waals surface area contributed by atoms with Crippen molar-refractivity contribution in [2.75, 3.05) is 0 Å². The van der Waals surface area contributed by atoms with Gasteiger partial charge in [0.2, 0.25) is 5.76 Å². The van der Waals surface area contributed by atoms with Gasteiger partial charge in [0.25, 0.3) is 5.91 Å². The summed E-state index contributed by atoms with van der Waals surface area (Å²) in [6.45, 7) is 4.16. The average molecular weight is 358 g/mol. The third-order valence-electron chi connectivity index (χ3n) is 4.19. The second-order valence-corrected chi connectivity index (χ2v) is 6.87. The summed E-state index contributed by atoms with van der Waals surface area (Å²) in [6.07, 6.45) is 0.899. The molecule has 2 N–H and O–H groups in total. The van der Waals surface area contributed by atoms with E-state index in [-0.39, 0.29) is 23.1 Å². The molecule has 0 aliphatic carbocycles. The highest BCUT2D eigenvalue weighted by molar-refractivity contribution is 7.21. The molecular formula is C18H18N2O4S. The molecule has 1 atom stereocenters. The van der Waals surface area contributed by atoms with E-state index in [1.165, 1.54) is 11.3 Å². The van der Waals surface area contributed by atoms with Gasteiger partial charge in [0.1, 0.15) is 4.88 Å². The molecule has 0 saturated carbocycles. The van der Waals surface area contributed by atoms with Gasteiger partial charge in [-0.25, -0.2) is 4.79 Å². The predicted molar refractivity (Wildman–Crippen MR) is 95.2 cm³/mol. The third-order valence-corrected chi connectivity index (χ3v) is 5.39. The van der Waals surface area contributed by atoms with Gasteiger partial charge in [-0.3, -0.25) is 4.79 Å². The molecule has 3 rings (SSSR count). The van der Waals surface area contributed by atoms with Crippen molar-refractivity contribution in [1.82, 2.24) is 10.5 Å². The molecule has 0 fully saturated rings.